The van der Waals surface area contributed by atoms with Crippen molar-refractivity contribution in [3.05, 3.63) is 301 Å². The third-order valence-corrected chi connectivity index (χ3v) is 16.4. The predicted octanol–water partition coefficient (Wildman–Crippen LogP) is 19.9. The van der Waals surface area contributed by atoms with Gasteiger partial charge in [-0.25, -0.2) is 0 Å². The molecule has 1 atom stereocenters. The van der Waals surface area contributed by atoms with Gasteiger partial charge in [-0.1, -0.05) is 212 Å². The van der Waals surface area contributed by atoms with E-state index in [1.165, 1.54) is 77.9 Å². The smallest absolute Gasteiger partial charge is 0.136 e. The Balaban J connectivity index is 1.03. The molecule has 0 N–H and O–H groups in total. The molecule has 1 spiro atoms. The Morgan fingerprint density at radius 3 is 1.59 bits per heavy atom. The molecule has 0 bridgehead atoms. The summed E-state index contributed by atoms with van der Waals surface area (Å²) in [5.41, 5.74) is 26.9. The lowest BCUT2D eigenvalue weighted by molar-refractivity contribution is 0.668. The highest BCUT2D eigenvalue weighted by Crippen LogP contribution is 2.63. The van der Waals surface area contributed by atoms with E-state index >= 15 is 0 Å². The summed E-state index contributed by atoms with van der Waals surface area (Å²) < 4.78 is 6.66. The van der Waals surface area contributed by atoms with Crippen LogP contribution in [0.4, 0.5) is 34.1 Å². The second-order valence-corrected chi connectivity index (χ2v) is 20.3. The van der Waals surface area contributed by atoms with Crippen LogP contribution in [0.15, 0.2) is 283 Å². The Labute approximate surface area is 441 Å². The summed E-state index contributed by atoms with van der Waals surface area (Å²) in [6, 6.07) is 103. The van der Waals surface area contributed by atoms with Gasteiger partial charge in [0.2, 0.25) is 0 Å². The molecular weight excluding hydrogens is 921 g/mol. The van der Waals surface area contributed by atoms with E-state index in [-0.39, 0.29) is 0 Å². The van der Waals surface area contributed by atoms with Crippen LogP contribution >= 0.6 is 0 Å². The number of rotatable bonds is 5. The van der Waals surface area contributed by atoms with Gasteiger partial charge in [0.15, 0.2) is 0 Å². The van der Waals surface area contributed by atoms with Crippen molar-refractivity contribution in [3.63, 3.8) is 0 Å². The standard InChI is InChI=1S/C73H46N2O/c1-3-21-47(22-4-1)48-23-19-26-50(43-48)74(69-39-20-35-60-54-29-9-8-28-53(54)58-33-13-17-38-68(58)75(72(60)69)49-24-5-2-6-25-49)51-41-42-66-61(44-51)55-30-10-7-27-52(55)56-31-11-15-36-64(56)73(66)65-37-16-12-32-57(65)62-46-71-63(45-67(62)73)59-34-14-18-40-70(59)76-71/h1-46H. The predicted molar refractivity (Wildman–Crippen MR) is 315 cm³/mol. The minimum absolute atomic E-state index is 0.693. The summed E-state index contributed by atoms with van der Waals surface area (Å²) in [6.45, 7) is 0. The van der Waals surface area contributed by atoms with E-state index in [1.54, 1.807) is 0 Å². The molecule has 1 aliphatic heterocycles. The highest BCUT2D eigenvalue weighted by atomic mass is 16.3. The number of fused-ring (bicyclic) bond motifs is 20. The van der Waals surface area contributed by atoms with Crippen molar-refractivity contribution in [1.82, 2.24) is 0 Å². The van der Waals surface area contributed by atoms with Crippen LogP contribution in [0, 0.1) is 0 Å². The van der Waals surface area contributed by atoms with Gasteiger partial charge in [-0.15, -0.1) is 0 Å². The third-order valence-electron chi connectivity index (χ3n) is 16.4. The molecule has 2 aliphatic carbocycles. The van der Waals surface area contributed by atoms with E-state index in [0.29, 0.717) is 0 Å². The zero-order chi connectivity index (χ0) is 49.9. The van der Waals surface area contributed by atoms with E-state index in [1.807, 2.05) is 0 Å². The largest absolute Gasteiger partial charge is 0.456 e. The lowest BCUT2D eigenvalue weighted by Gasteiger charge is -2.37. The van der Waals surface area contributed by atoms with Crippen LogP contribution < -0.4 is 9.80 Å². The molecule has 354 valence electrons. The maximum absolute atomic E-state index is 6.66. The van der Waals surface area contributed by atoms with Gasteiger partial charge in [0, 0.05) is 39.0 Å². The highest BCUT2D eigenvalue weighted by molar-refractivity contribution is 6.10. The second kappa shape index (κ2) is 16.5. The summed E-state index contributed by atoms with van der Waals surface area (Å²) in [6.07, 6.45) is 0. The van der Waals surface area contributed by atoms with Crippen molar-refractivity contribution in [2.24, 2.45) is 0 Å². The summed E-state index contributed by atoms with van der Waals surface area (Å²) in [4.78, 5) is 5.01. The number of anilines is 6. The normalized spacial score (nSPS) is 14.3. The van der Waals surface area contributed by atoms with Crippen molar-refractivity contribution in [1.29, 1.82) is 0 Å². The van der Waals surface area contributed by atoms with Crippen molar-refractivity contribution >= 4 is 56.1 Å². The first-order valence-corrected chi connectivity index (χ1v) is 26.2. The van der Waals surface area contributed by atoms with Gasteiger partial charge in [0.05, 0.1) is 22.5 Å². The van der Waals surface area contributed by atoms with E-state index in [9.17, 15) is 0 Å². The van der Waals surface area contributed by atoms with Gasteiger partial charge in [0.25, 0.3) is 0 Å². The van der Waals surface area contributed by atoms with Gasteiger partial charge < -0.3 is 14.2 Å². The molecule has 1 unspecified atom stereocenters. The van der Waals surface area contributed by atoms with Crippen molar-refractivity contribution in [3.8, 4) is 66.8 Å². The first-order chi connectivity index (χ1) is 37.7. The minimum atomic E-state index is -0.693. The third kappa shape index (κ3) is 6.05. The average molecular weight is 967 g/mol. The minimum Gasteiger partial charge on any atom is -0.456 e. The molecule has 13 aromatic rings. The van der Waals surface area contributed by atoms with E-state index in [2.05, 4.69) is 289 Å². The van der Waals surface area contributed by atoms with E-state index in [0.717, 1.165) is 67.2 Å². The molecule has 3 nitrogen and oxygen atoms in total. The Morgan fingerprint density at radius 1 is 0.303 bits per heavy atom. The van der Waals surface area contributed by atoms with Crippen LogP contribution in [0.1, 0.15) is 22.3 Å². The maximum atomic E-state index is 6.66. The summed E-state index contributed by atoms with van der Waals surface area (Å²) in [5.74, 6) is 0. The van der Waals surface area contributed by atoms with Gasteiger partial charge in [-0.2, -0.15) is 0 Å². The highest BCUT2D eigenvalue weighted by Gasteiger charge is 2.50. The molecule has 3 heteroatoms. The molecule has 16 rings (SSSR count). The molecule has 1 aromatic heterocycles. The molecule has 12 aromatic carbocycles. The lowest BCUT2D eigenvalue weighted by Crippen LogP contribution is -2.29. The monoisotopic (exact) mass is 966 g/mol. The number of furan rings is 1. The van der Waals surface area contributed by atoms with Gasteiger partial charge in [-0.3, -0.25) is 0 Å². The second-order valence-electron chi connectivity index (χ2n) is 20.3. The van der Waals surface area contributed by atoms with Gasteiger partial charge in [0.1, 0.15) is 11.2 Å². The van der Waals surface area contributed by atoms with Gasteiger partial charge >= 0.3 is 0 Å². The molecule has 0 fully saturated rings. The number of benzene rings is 12. The molecule has 0 saturated heterocycles. The van der Waals surface area contributed by atoms with Crippen LogP contribution in [0.5, 0.6) is 0 Å². The molecule has 0 amide bonds. The fraction of sp³-hybridized carbons (Fsp3) is 0.0137. The molecule has 2 heterocycles. The average Bonchev–Trinajstić information content (AvgIpc) is 4.15. The topological polar surface area (TPSA) is 19.6 Å². The zero-order valence-electron chi connectivity index (χ0n) is 41.4. The van der Waals surface area contributed by atoms with Crippen LogP contribution in [0.25, 0.3) is 88.7 Å². The lowest BCUT2D eigenvalue weighted by atomic mass is 9.65. The van der Waals surface area contributed by atoms with Crippen molar-refractivity contribution < 1.29 is 4.42 Å². The van der Waals surface area contributed by atoms with Crippen LogP contribution in [-0.2, 0) is 5.41 Å². The first-order valence-electron chi connectivity index (χ1n) is 26.2. The Kier molecular flexibility index (Phi) is 9.25. The molecule has 0 radical (unpaired) electrons. The van der Waals surface area contributed by atoms with E-state index < -0.39 is 5.41 Å². The first kappa shape index (κ1) is 42.5. The number of hydrogen-bond acceptors (Lipinski definition) is 3. The van der Waals surface area contributed by atoms with E-state index in [4.69, 9.17) is 4.42 Å². The van der Waals surface area contributed by atoms with Crippen molar-refractivity contribution in [2.45, 2.75) is 5.41 Å². The molecular formula is C73H46N2O. The Morgan fingerprint density at radius 2 is 0.829 bits per heavy atom. The zero-order valence-corrected chi connectivity index (χ0v) is 41.4. The number of nitrogens with zero attached hydrogens (tertiary/aromatic N) is 2. The molecule has 76 heavy (non-hydrogen) atoms. The molecule has 3 aliphatic rings. The quantitative estimate of drug-likeness (QED) is 0.171. The number of para-hydroxylation sites is 4. The Bertz CT molecular complexity index is 4490. The van der Waals surface area contributed by atoms with Gasteiger partial charge in [-0.05, 0) is 145 Å². The Hall–Kier alpha value is -9.96. The summed E-state index contributed by atoms with van der Waals surface area (Å²) in [5, 5.41) is 2.25. The van der Waals surface area contributed by atoms with Crippen molar-refractivity contribution in [2.75, 3.05) is 9.80 Å². The van der Waals surface area contributed by atoms with Crippen LogP contribution in [0.3, 0.4) is 0 Å². The maximum Gasteiger partial charge on any atom is 0.136 e. The fourth-order valence-electron chi connectivity index (χ4n) is 13.3. The van der Waals surface area contributed by atoms with Crippen LogP contribution in [-0.4, -0.2) is 0 Å². The van der Waals surface area contributed by atoms with Crippen LogP contribution in [0.2, 0.25) is 0 Å². The summed E-state index contributed by atoms with van der Waals surface area (Å²) in [7, 11) is 0. The SMILES string of the molecule is c1ccc(-c2cccc(N(c3ccc4c(c3)-c3ccccc3-c3ccccc3C43c4ccccc4-c4cc5oc6ccccc6c5cc43)c3cccc4c3N(c3ccccc3)c3ccccc3-c3ccccc3-4)c2)cc1. The summed E-state index contributed by atoms with van der Waals surface area (Å²) >= 11 is 0. The fourth-order valence-corrected chi connectivity index (χ4v) is 13.3. The number of hydrogen-bond donors (Lipinski definition) is 0. The molecule has 0 saturated carbocycles.